The van der Waals surface area contributed by atoms with E-state index in [9.17, 15) is 4.39 Å². The lowest BCUT2D eigenvalue weighted by molar-refractivity contribution is 0.215. The van der Waals surface area contributed by atoms with Gasteiger partial charge in [-0.3, -0.25) is 5.43 Å². The van der Waals surface area contributed by atoms with E-state index in [1.165, 1.54) is 6.07 Å². The lowest BCUT2D eigenvalue weighted by atomic mass is 10.1. The number of methoxy groups -OCH3 is 1. The number of ether oxygens (including phenoxy) is 1. The van der Waals surface area contributed by atoms with Crippen LogP contribution in [0.3, 0.4) is 0 Å². The Hall–Kier alpha value is -2.60. The number of likely N-dealkylation sites (N-methyl/N-ethyl adjacent to an activating group) is 1. The second-order valence-electron chi connectivity index (χ2n) is 6.05. The summed E-state index contributed by atoms with van der Waals surface area (Å²) < 4.78 is 19.5. The van der Waals surface area contributed by atoms with E-state index >= 15 is 0 Å². The van der Waals surface area contributed by atoms with Crippen LogP contribution >= 0.6 is 0 Å². The largest absolute Gasteiger partial charge is 0.497 e. The van der Waals surface area contributed by atoms with Gasteiger partial charge in [-0.1, -0.05) is 12.1 Å². The van der Waals surface area contributed by atoms with E-state index in [4.69, 9.17) is 4.74 Å². The van der Waals surface area contributed by atoms with Crippen molar-refractivity contribution in [1.29, 1.82) is 0 Å². The quantitative estimate of drug-likeness (QED) is 0.527. The van der Waals surface area contributed by atoms with Crippen LogP contribution < -0.4 is 10.2 Å². The Morgan fingerprint density at radius 3 is 2.36 bits per heavy atom. The van der Waals surface area contributed by atoms with Gasteiger partial charge in [0.2, 0.25) is 0 Å². The van der Waals surface area contributed by atoms with Crippen molar-refractivity contribution < 1.29 is 9.13 Å². The fourth-order valence-corrected chi connectivity index (χ4v) is 2.75. The number of rotatable bonds is 4. The molecular weight excluding hydrogens is 319 g/mol. The number of anilines is 1. The standard InChI is InChI=1S/C19H23FN4O/c1-23-11-13-24(14-12-23)19(17-5-3-4-6-18(17)20)22-21-15-7-9-16(25-2)10-8-15/h3-10,21H,11-14H2,1-2H3/b22-19+. The first kappa shape index (κ1) is 17.2. The van der Waals surface area contributed by atoms with Crippen LogP contribution in [0.2, 0.25) is 0 Å². The van der Waals surface area contributed by atoms with E-state index in [0.29, 0.717) is 11.4 Å². The number of halogens is 1. The van der Waals surface area contributed by atoms with Crippen molar-refractivity contribution in [2.45, 2.75) is 0 Å². The summed E-state index contributed by atoms with van der Waals surface area (Å²) in [7, 11) is 3.72. The summed E-state index contributed by atoms with van der Waals surface area (Å²) in [4.78, 5) is 4.38. The molecule has 1 saturated heterocycles. The van der Waals surface area contributed by atoms with E-state index in [1.807, 2.05) is 30.3 Å². The Morgan fingerprint density at radius 2 is 1.72 bits per heavy atom. The summed E-state index contributed by atoms with van der Waals surface area (Å²) in [5.74, 6) is 1.14. The van der Waals surface area contributed by atoms with Crippen molar-refractivity contribution in [3.05, 3.63) is 59.9 Å². The molecule has 0 spiro atoms. The molecule has 1 aliphatic heterocycles. The zero-order valence-corrected chi connectivity index (χ0v) is 14.6. The molecule has 1 aliphatic rings. The van der Waals surface area contributed by atoms with Gasteiger partial charge in [-0.2, -0.15) is 5.10 Å². The van der Waals surface area contributed by atoms with Crippen LogP contribution in [0.4, 0.5) is 10.1 Å². The summed E-state index contributed by atoms with van der Waals surface area (Å²) in [6.07, 6.45) is 0. The molecule has 0 saturated carbocycles. The lowest BCUT2D eigenvalue weighted by Crippen LogP contribution is -2.47. The number of benzene rings is 2. The van der Waals surface area contributed by atoms with Gasteiger partial charge in [0.1, 0.15) is 11.6 Å². The number of nitrogens with one attached hydrogen (secondary N) is 1. The number of hydrogen-bond donors (Lipinski definition) is 1. The molecule has 2 aromatic carbocycles. The fraction of sp³-hybridized carbons (Fsp3) is 0.316. The van der Waals surface area contributed by atoms with Crippen LogP contribution in [0.5, 0.6) is 5.75 Å². The monoisotopic (exact) mass is 342 g/mol. The second-order valence-corrected chi connectivity index (χ2v) is 6.05. The van der Waals surface area contributed by atoms with Crippen molar-refractivity contribution in [2.24, 2.45) is 5.10 Å². The van der Waals surface area contributed by atoms with Gasteiger partial charge in [-0.15, -0.1) is 0 Å². The Balaban J connectivity index is 1.86. The fourth-order valence-electron chi connectivity index (χ4n) is 2.75. The number of piperazine rings is 1. The van der Waals surface area contributed by atoms with Gasteiger partial charge in [-0.25, -0.2) is 4.39 Å². The minimum Gasteiger partial charge on any atom is -0.497 e. The molecule has 0 aliphatic carbocycles. The zero-order chi connectivity index (χ0) is 17.6. The predicted molar refractivity (Wildman–Crippen MR) is 98.6 cm³/mol. The average molecular weight is 342 g/mol. The van der Waals surface area contributed by atoms with Crippen LogP contribution in [0.15, 0.2) is 53.6 Å². The van der Waals surface area contributed by atoms with Crippen LogP contribution in [-0.4, -0.2) is 56.0 Å². The highest BCUT2D eigenvalue weighted by atomic mass is 19.1. The SMILES string of the molecule is COc1ccc(N/N=C(\c2ccccc2F)N2CCN(C)CC2)cc1. The third kappa shape index (κ3) is 4.28. The van der Waals surface area contributed by atoms with Crippen molar-refractivity contribution in [3.63, 3.8) is 0 Å². The van der Waals surface area contributed by atoms with Crippen LogP contribution in [-0.2, 0) is 0 Å². The Kier molecular flexibility index (Phi) is 5.50. The molecule has 0 atom stereocenters. The van der Waals surface area contributed by atoms with Crippen molar-refractivity contribution in [3.8, 4) is 5.75 Å². The van der Waals surface area contributed by atoms with Crippen molar-refractivity contribution >= 4 is 11.5 Å². The highest BCUT2D eigenvalue weighted by Crippen LogP contribution is 2.17. The predicted octanol–water partition coefficient (Wildman–Crippen LogP) is 2.86. The molecule has 1 heterocycles. The maximum Gasteiger partial charge on any atom is 0.159 e. The van der Waals surface area contributed by atoms with Crippen molar-refractivity contribution in [1.82, 2.24) is 9.80 Å². The number of amidine groups is 1. The minimum atomic E-state index is -0.267. The smallest absolute Gasteiger partial charge is 0.159 e. The Labute approximate surface area is 147 Å². The van der Waals surface area contributed by atoms with Gasteiger partial charge in [0, 0.05) is 26.2 Å². The van der Waals surface area contributed by atoms with E-state index in [1.54, 1.807) is 19.2 Å². The lowest BCUT2D eigenvalue weighted by Gasteiger charge is -2.34. The van der Waals surface area contributed by atoms with E-state index in [0.717, 1.165) is 37.6 Å². The van der Waals surface area contributed by atoms with Gasteiger partial charge < -0.3 is 14.5 Å². The summed E-state index contributed by atoms with van der Waals surface area (Å²) in [5, 5.41) is 4.52. The van der Waals surface area contributed by atoms with Gasteiger partial charge >= 0.3 is 0 Å². The molecular formula is C19H23FN4O. The average Bonchev–Trinajstić information content (AvgIpc) is 2.65. The molecule has 2 aromatic rings. The topological polar surface area (TPSA) is 40.1 Å². The molecule has 25 heavy (non-hydrogen) atoms. The molecule has 0 amide bonds. The molecule has 1 N–H and O–H groups in total. The van der Waals surface area contributed by atoms with Gasteiger partial charge in [-0.05, 0) is 43.4 Å². The molecule has 0 unspecified atom stereocenters. The number of hydrogen-bond acceptors (Lipinski definition) is 4. The van der Waals surface area contributed by atoms with E-state index in [2.05, 4.69) is 27.4 Å². The maximum atomic E-state index is 14.3. The zero-order valence-electron chi connectivity index (χ0n) is 14.6. The molecule has 3 rings (SSSR count). The molecule has 1 fully saturated rings. The molecule has 5 nitrogen and oxygen atoms in total. The number of hydrazone groups is 1. The summed E-state index contributed by atoms with van der Waals surface area (Å²) >= 11 is 0. The second kappa shape index (κ2) is 7.98. The van der Waals surface area contributed by atoms with Gasteiger partial charge in [0.05, 0.1) is 18.4 Å². The van der Waals surface area contributed by atoms with E-state index < -0.39 is 0 Å². The Bertz CT molecular complexity index is 724. The summed E-state index contributed by atoms with van der Waals surface area (Å²) in [6.45, 7) is 3.48. The van der Waals surface area contributed by atoms with Crippen LogP contribution in [0, 0.1) is 5.82 Å². The maximum absolute atomic E-state index is 14.3. The highest BCUT2D eigenvalue weighted by Gasteiger charge is 2.21. The number of nitrogens with zero attached hydrogens (tertiary/aromatic N) is 3. The first-order valence-corrected chi connectivity index (χ1v) is 8.33. The van der Waals surface area contributed by atoms with Crippen LogP contribution in [0.1, 0.15) is 5.56 Å². The normalized spacial score (nSPS) is 16.0. The van der Waals surface area contributed by atoms with Crippen LogP contribution in [0.25, 0.3) is 0 Å². The van der Waals surface area contributed by atoms with E-state index in [-0.39, 0.29) is 5.82 Å². The summed E-state index contributed by atoms with van der Waals surface area (Å²) in [5.41, 5.74) is 4.37. The minimum absolute atomic E-state index is 0.267. The molecule has 0 aromatic heterocycles. The Morgan fingerprint density at radius 1 is 1.04 bits per heavy atom. The first-order chi connectivity index (χ1) is 12.2. The van der Waals surface area contributed by atoms with Gasteiger partial charge in [0.15, 0.2) is 5.84 Å². The first-order valence-electron chi connectivity index (χ1n) is 8.33. The third-order valence-corrected chi connectivity index (χ3v) is 4.30. The third-order valence-electron chi connectivity index (χ3n) is 4.30. The van der Waals surface area contributed by atoms with Crippen molar-refractivity contribution in [2.75, 3.05) is 45.8 Å². The van der Waals surface area contributed by atoms with Gasteiger partial charge in [0.25, 0.3) is 0 Å². The summed E-state index contributed by atoms with van der Waals surface area (Å²) in [6, 6.07) is 14.2. The molecule has 0 radical (unpaired) electrons. The highest BCUT2D eigenvalue weighted by molar-refractivity contribution is 5.99. The molecule has 6 heteroatoms. The molecule has 0 bridgehead atoms. The molecule has 132 valence electrons.